The number of rotatable bonds is 0. The molecule has 17 heavy (non-hydrogen) atoms. The third-order valence-electron chi connectivity index (χ3n) is 3.87. The number of aliphatic hydroxyl groups is 1. The van der Waals surface area contributed by atoms with Gasteiger partial charge >= 0.3 is 0 Å². The van der Waals surface area contributed by atoms with Crippen molar-refractivity contribution in [2.75, 3.05) is 13.6 Å². The number of nitrogens with zero attached hydrogens (tertiary/aromatic N) is 2. The molecule has 0 spiro atoms. The molecule has 1 aliphatic carbocycles. The monoisotopic (exact) mass is 242 g/mol. The molecule has 2 heterocycles. The molecule has 0 bridgehead atoms. The van der Waals surface area contributed by atoms with Crippen LogP contribution in [0.25, 0.3) is 0 Å². The predicted molar refractivity (Wildman–Crippen MR) is 59.0 cm³/mol. The fourth-order valence-corrected chi connectivity index (χ4v) is 2.83. The second-order valence-corrected chi connectivity index (χ2v) is 5.08. The lowest BCUT2D eigenvalue weighted by Crippen LogP contribution is -2.36. The number of halogens is 2. The summed E-state index contributed by atoms with van der Waals surface area (Å²) in [5.41, 5.74) is 2.48. The average Bonchev–Trinajstić information content (AvgIpc) is 2.61. The summed E-state index contributed by atoms with van der Waals surface area (Å²) in [6.45, 7) is 1.38. The van der Waals surface area contributed by atoms with Gasteiger partial charge in [-0.05, 0) is 25.1 Å². The molecule has 3 nitrogen and oxygen atoms in total. The molecule has 94 valence electrons. The zero-order valence-electron chi connectivity index (χ0n) is 9.79. The van der Waals surface area contributed by atoms with E-state index < -0.39 is 12.2 Å². The summed E-state index contributed by atoms with van der Waals surface area (Å²) in [6.07, 6.45) is -0.504. The van der Waals surface area contributed by atoms with Crippen LogP contribution in [0.3, 0.4) is 0 Å². The summed E-state index contributed by atoms with van der Waals surface area (Å²) in [4.78, 5) is 1.83. The first-order valence-electron chi connectivity index (χ1n) is 5.95. The van der Waals surface area contributed by atoms with Gasteiger partial charge in [-0.15, -0.1) is 0 Å². The summed E-state index contributed by atoms with van der Waals surface area (Å²) in [7, 11) is 1.84. The molecule has 2 aliphatic rings. The van der Waals surface area contributed by atoms with Crippen LogP contribution >= 0.6 is 0 Å². The van der Waals surface area contributed by atoms with Crippen molar-refractivity contribution in [3.8, 4) is 0 Å². The first-order valence-corrected chi connectivity index (χ1v) is 5.95. The lowest BCUT2D eigenvalue weighted by Gasteiger charge is -2.32. The maximum Gasteiger partial charge on any atom is 0.253 e. The Morgan fingerprint density at radius 1 is 1.41 bits per heavy atom. The van der Waals surface area contributed by atoms with Crippen LogP contribution in [-0.2, 0) is 19.4 Å². The highest BCUT2D eigenvalue weighted by Crippen LogP contribution is 2.37. The van der Waals surface area contributed by atoms with E-state index in [0.717, 1.165) is 17.0 Å². The fraction of sp³-hybridized carbons (Fsp3) is 0.667. The van der Waals surface area contributed by atoms with Crippen molar-refractivity contribution in [3.05, 3.63) is 23.0 Å². The van der Waals surface area contributed by atoms with E-state index >= 15 is 0 Å². The molecule has 1 aromatic rings. The van der Waals surface area contributed by atoms with Gasteiger partial charge in [0.2, 0.25) is 0 Å². The highest BCUT2D eigenvalue weighted by Gasteiger charge is 2.38. The average molecular weight is 242 g/mol. The zero-order chi connectivity index (χ0) is 12.2. The quantitative estimate of drug-likeness (QED) is 0.747. The van der Waals surface area contributed by atoms with Crippen LogP contribution in [0.15, 0.2) is 6.07 Å². The van der Waals surface area contributed by atoms with Crippen molar-refractivity contribution < 1.29 is 13.9 Å². The van der Waals surface area contributed by atoms with E-state index in [1.54, 1.807) is 0 Å². The molecule has 1 N–H and O–H groups in total. The van der Waals surface area contributed by atoms with E-state index in [-0.39, 0.29) is 12.8 Å². The van der Waals surface area contributed by atoms with Crippen molar-refractivity contribution >= 4 is 0 Å². The number of alkyl halides is 2. The summed E-state index contributed by atoms with van der Waals surface area (Å²) in [6, 6.07) is 1.89. The Hall–Kier alpha value is -0.940. The SMILES string of the molecule is CN1CCn2c(cc3c2CC(F)(F)CC3)C1O. The molecule has 0 radical (unpaired) electrons. The molecule has 1 aliphatic heterocycles. The molecule has 0 saturated heterocycles. The standard InChI is InChI=1S/C12H16F2N2O/c1-15-4-5-16-9(11(15)17)6-8-2-3-12(13,14)7-10(8)16/h6,11,17H,2-5,7H2,1H3. The summed E-state index contributed by atoms with van der Waals surface area (Å²) < 4.78 is 28.7. The van der Waals surface area contributed by atoms with Crippen LogP contribution in [0.5, 0.6) is 0 Å². The van der Waals surface area contributed by atoms with Crippen molar-refractivity contribution in [2.45, 2.75) is 38.0 Å². The third kappa shape index (κ3) is 1.68. The largest absolute Gasteiger partial charge is 0.373 e. The molecular weight excluding hydrogens is 226 g/mol. The van der Waals surface area contributed by atoms with Crippen LogP contribution in [0.1, 0.15) is 29.6 Å². The Kier molecular flexibility index (Phi) is 2.32. The highest BCUT2D eigenvalue weighted by molar-refractivity contribution is 5.33. The maximum absolute atomic E-state index is 13.4. The van der Waals surface area contributed by atoms with Gasteiger partial charge in [0.05, 0.1) is 12.1 Å². The van der Waals surface area contributed by atoms with Crippen LogP contribution in [0, 0.1) is 0 Å². The molecule has 0 saturated carbocycles. The number of fused-ring (bicyclic) bond motifs is 3. The highest BCUT2D eigenvalue weighted by atomic mass is 19.3. The molecule has 1 aromatic heterocycles. The molecule has 1 atom stereocenters. The Bertz CT molecular complexity index is 456. The number of aryl methyl sites for hydroxylation is 1. The van der Waals surface area contributed by atoms with E-state index in [1.807, 2.05) is 22.6 Å². The molecule has 0 amide bonds. The van der Waals surface area contributed by atoms with Gasteiger partial charge in [-0.1, -0.05) is 0 Å². The Labute approximate surface area is 98.6 Å². The number of aromatic nitrogens is 1. The third-order valence-corrected chi connectivity index (χ3v) is 3.87. The molecule has 1 unspecified atom stereocenters. The van der Waals surface area contributed by atoms with E-state index in [1.165, 1.54) is 0 Å². The van der Waals surface area contributed by atoms with E-state index in [0.29, 0.717) is 19.5 Å². The second kappa shape index (κ2) is 3.53. The van der Waals surface area contributed by atoms with Crippen molar-refractivity contribution in [3.63, 3.8) is 0 Å². The van der Waals surface area contributed by atoms with Crippen LogP contribution in [-0.4, -0.2) is 34.1 Å². The van der Waals surface area contributed by atoms with Gasteiger partial charge in [0.1, 0.15) is 6.23 Å². The normalized spacial score (nSPS) is 27.6. The Balaban J connectivity index is 2.05. The Morgan fingerprint density at radius 2 is 2.18 bits per heavy atom. The number of hydrogen-bond acceptors (Lipinski definition) is 2. The summed E-state index contributed by atoms with van der Waals surface area (Å²) >= 11 is 0. The minimum Gasteiger partial charge on any atom is -0.373 e. The molecule has 0 fully saturated rings. The fourth-order valence-electron chi connectivity index (χ4n) is 2.83. The molecular formula is C12H16F2N2O. The van der Waals surface area contributed by atoms with Crippen LogP contribution in [0.2, 0.25) is 0 Å². The summed E-state index contributed by atoms with van der Waals surface area (Å²) in [5, 5.41) is 10.0. The van der Waals surface area contributed by atoms with Gasteiger partial charge in [0.25, 0.3) is 5.92 Å². The number of aliphatic hydroxyl groups excluding tert-OH is 1. The predicted octanol–water partition coefficient (Wildman–Crippen LogP) is 1.55. The maximum atomic E-state index is 13.4. The number of hydrogen-bond donors (Lipinski definition) is 1. The molecule has 5 heteroatoms. The van der Waals surface area contributed by atoms with Crippen LogP contribution in [0.4, 0.5) is 8.78 Å². The van der Waals surface area contributed by atoms with Crippen molar-refractivity contribution in [1.82, 2.24) is 9.47 Å². The smallest absolute Gasteiger partial charge is 0.253 e. The topological polar surface area (TPSA) is 28.4 Å². The van der Waals surface area contributed by atoms with E-state index in [2.05, 4.69) is 0 Å². The minimum atomic E-state index is -2.59. The first-order chi connectivity index (χ1) is 7.98. The number of likely N-dealkylation sites (N-methyl/N-ethyl adjacent to an activating group) is 1. The van der Waals surface area contributed by atoms with Gasteiger partial charge in [-0.3, -0.25) is 4.90 Å². The van der Waals surface area contributed by atoms with Crippen LogP contribution < -0.4 is 0 Å². The van der Waals surface area contributed by atoms with Gasteiger partial charge < -0.3 is 9.67 Å². The lowest BCUT2D eigenvalue weighted by molar-refractivity contribution is -0.0188. The first kappa shape index (κ1) is 11.2. The van der Waals surface area contributed by atoms with Gasteiger partial charge in [0, 0.05) is 25.2 Å². The Morgan fingerprint density at radius 3 is 2.94 bits per heavy atom. The van der Waals surface area contributed by atoms with Crippen molar-refractivity contribution in [1.29, 1.82) is 0 Å². The summed E-state index contributed by atoms with van der Waals surface area (Å²) in [5.74, 6) is -2.59. The minimum absolute atomic E-state index is 0.0740. The zero-order valence-corrected chi connectivity index (χ0v) is 9.79. The van der Waals surface area contributed by atoms with Crippen molar-refractivity contribution in [2.24, 2.45) is 0 Å². The molecule has 0 aromatic carbocycles. The van der Waals surface area contributed by atoms with E-state index in [9.17, 15) is 13.9 Å². The van der Waals surface area contributed by atoms with E-state index in [4.69, 9.17) is 0 Å². The lowest BCUT2D eigenvalue weighted by atomic mass is 9.94. The van der Waals surface area contributed by atoms with Gasteiger partial charge in [-0.2, -0.15) is 0 Å². The van der Waals surface area contributed by atoms with Gasteiger partial charge in [-0.25, -0.2) is 8.78 Å². The van der Waals surface area contributed by atoms with Gasteiger partial charge in [0.15, 0.2) is 0 Å². The molecule has 3 rings (SSSR count). The second-order valence-electron chi connectivity index (χ2n) is 5.08.